The van der Waals surface area contributed by atoms with Crippen LogP contribution in [0.15, 0.2) is 30.4 Å². The van der Waals surface area contributed by atoms with Gasteiger partial charge in [-0.05, 0) is 18.1 Å². The molecular formula is C13H12N2O5. The zero-order valence-corrected chi connectivity index (χ0v) is 10.5. The number of anilines is 1. The molecule has 1 aliphatic rings. The van der Waals surface area contributed by atoms with Crippen LogP contribution in [-0.4, -0.2) is 28.5 Å². The summed E-state index contributed by atoms with van der Waals surface area (Å²) in [6.07, 6.45) is 3.05. The van der Waals surface area contributed by atoms with Gasteiger partial charge in [-0.1, -0.05) is 6.08 Å². The predicted octanol–water partition coefficient (Wildman–Crippen LogP) is 1.51. The molecule has 7 heteroatoms. The number of nitrogens with zero attached hydrogens (tertiary/aromatic N) is 2. The number of nitro groups is 1. The van der Waals surface area contributed by atoms with E-state index in [1.165, 1.54) is 29.2 Å². The molecule has 104 valence electrons. The second-order valence-electron chi connectivity index (χ2n) is 4.32. The van der Waals surface area contributed by atoms with Crippen LogP contribution in [0.1, 0.15) is 12.0 Å². The number of carbonyl (C=O) groups excluding carboxylic acids is 1. The number of carbonyl (C=O) groups is 2. The van der Waals surface area contributed by atoms with Gasteiger partial charge >= 0.3 is 5.97 Å². The Balaban J connectivity index is 2.29. The number of carboxylic acid groups (broad SMARTS) is 1. The third kappa shape index (κ3) is 2.82. The number of hydrogen-bond donors (Lipinski definition) is 1. The van der Waals surface area contributed by atoms with Crippen molar-refractivity contribution in [1.29, 1.82) is 0 Å². The van der Waals surface area contributed by atoms with Crippen molar-refractivity contribution in [3.63, 3.8) is 0 Å². The Labute approximate surface area is 114 Å². The summed E-state index contributed by atoms with van der Waals surface area (Å²) in [7, 11) is 0. The van der Waals surface area contributed by atoms with Gasteiger partial charge < -0.3 is 10.0 Å². The summed E-state index contributed by atoms with van der Waals surface area (Å²) in [5.74, 6) is -1.21. The normalized spacial score (nSPS) is 14.4. The van der Waals surface area contributed by atoms with Crippen LogP contribution in [0.25, 0.3) is 0 Å². The number of nitro benzene ring substituents is 1. The van der Waals surface area contributed by atoms with Gasteiger partial charge in [-0.25, -0.2) is 4.79 Å². The molecule has 0 radical (unpaired) electrons. The van der Waals surface area contributed by atoms with E-state index in [9.17, 15) is 19.7 Å². The summed E-state index contributed by atoms with van der Waals surface area (Å²) in [5.41, 5.74) is 1.31. The minimum absolute atomic E-state index is 0.0147. The molecule has 0 fully saturated rings. The maximum atomic E-state index is 11.9. The molecule has 0 spiro atoms. The van der Waals surface area contributed by atoms with Crippen molar-refractivity contribution in [3.05, 3.63) is 46.0 Å². The highest BCUT2D eigenvalue weighted by Gasteiger charge is 2.24. The lowest BCUT2D eigenvalue weighted by Gasteiger charge is -2.28. The monoisotopic (exact) mass is 276 g/mol. The Morgan fingerprint density at radius 3 is 2.85 bits per heavy atom. The fourth-order valence-electron chi connectivity index (χ4n) is 2.12. The maximum Gasteiger partial charge on any atom is 0.328 e. The Kier molecular flexibility index (Phi) is 3.79. The largest absolute Gasteiger partial charge is 0.478 e. The van der Waals surface area contributed by atoms with Gasteiger partial charge in [0.2, 0.25) is 5.91 Å². The predicted molar refractivity (Wildman–Crippen MR) is 70.5 cm³/mol. The first-order valence-corrected chi connectivity index (χ1v) is 5.96. The molecule has 0 saturated carbocycles. The van der Waals surface area contributed by atoms with Crippen LogP contribution in [0.2, 0.25) is 0 Å². The number of fused-ring (bicyclic) bond motifs is 1. The highest BCUT2D eigenvalue weighted by molar-refractivity contribution is 5.97. The first-order chi connectivity index (χ1) is 9.49. The number of rotatable bonds is 4. The van der Waals surface area contributed by atoms with E-state index < -0.39 is 10.9 Å². The molecule has 0 bridgehead atoms. The smallest absolute Gasteiger partial charge is 0.328 e. The molecule has 0 aliphatic carbocycles. The number of aryl methyl sites for hydroxylation is 1. The number of benzene rings is 1. The Morgan fingerprint density at radius 1 is 1.45 bits per heavy atom. The standard InChI is InChI=1S/C13H12N2O5/c16-12-6-3-9-8-10(15(19)20)4-5-11(9)14(12)7-1-2-13(17)18/h1-2,4-5,8H,3,6-7H2,(H,17,18). The van der Waals surface area contributed by atoms with Crippen molar-refractivity contribution >= 4 is 23.3 Å². The van der Waals surface area contributed by atoms with Gasteiger partial charge in [-0.2, -0.15) is 0 Å². The average molecular weight is 276 g/mol. The summed E-state index contributed by atoms with van der Waals surface area (Å²) in [6, 6.07) is 4.32. The highest BCUT2D eigenvalue weighted by atomic mass is 16.6. The fourth-order valence-corrected chi connectivity index (χ4v) is 2.12. The summed E-state index contributed by atoms with van der Waals surface area (Å²) in [4.78, 5) is 34.0. The lowest BCUT2D eigenvalue weighted by molar-refractivity contribution is -0.384. The summed E-state index contributed by atoms with van der Waals surface area (Å²) in [6.45, 7) is 0.135. The molecule has 0 atom stereocenters. The number of aliphatic carboxylic acids is 1. The topological polar surface area (TPSA) is 101 Å². The molecule has 20 heavy (non-hydrogen) atoms. The molecule has 2 rings (SSSR count). The molecule has 7 nitrogen and oxygen atoms in total. The highest BCUT2D eigenvalue weighted by Crippen LogP contribution is 2.30. The van der Waals surface area contributed by atoms with Crippen LogP contribution in [0.3, 0.4) is 0 Å². The van der Waals surface area contributed by atoms with E-state index in [4.69, 9.17) is 5.11 Å². The molecule has 1 heterocycles. The molecule has 1 aromatic carbocycles. The number of hydrogen-bond acceptors (Lipinski definition) is 4. The fraction of sp³-hybridized carbons (Fsp3) is 0.231. The van der Waals surface area contributed by atoms with Crippen LogP contribution in [-0.2, 0) is 16.0 Å². The molecule has 1 amide bonds. The summed E-state index contributed by atoms with van der Waals surface area (Å²) in [5, 5.41) is 19.3. The van der Waals surface area contributed by atoms with Gasteiger partial charge in [0.15, 0.2) is 0 Å². The molecule has 1 aliphatic heterocycles. The summed E-state index contributed by atoms with van der Waals surface area (Å²) < 4.78 is 0. The van der Waals surface area contributed by atoms with Crippen molar-refractivity contribution < 1.29 is 19.6 Å². The Hall–Kier alpha value is -2.70. The minimum Gasteiger partial charge on any atom is -0.478 e. The van der Waals surface area contributed by atoms with E-state index in [0.29, 0.717) is 12.1 Å². The van der Waals surface area contributed by atoms with Gasteiger partial charge in [0.05, 0.1) is 4.92 Å². The lowest BCUT2D eigenvalue weighted by Crippen LogP contribution is -2.35. The van der Waals surface area contributed by atoms with E-state index in [0.717, 1.165) is 11.6 Å². The van der Waals surface area contributed by atoms with Crippen molar-refractivity contribution in [2.75, 3.05) is 11.4 Å². The minimum atomic E-state index is -1.08. The van der Waals surface area contributed by atoms with Crippen molar-refractivity contribution in [1.82, 2.24) is 0 Å². The van der Waals surface area contributed by atoms with Crippen molar-refractivity contribution in [2.45, 2.75) is 12.8 Å². The van der Waals surface area contributed by atoms with Crippen LogP contribution >= 0.6 is 0 Å². The van der Waals surface area contributed by atoms with Crippen molar-refractivity contribution in [3.8, 4) is 0 Å². The van der Waals surface area contributed by atoms with Gasteiger partial charge in [-0.3, -0.25) is 14.9 Å². The zero-order valence-electron chi connectivity index (χ0n) is 10.5. The van der Waals surface area contributed by atoms with E-state index in [2.05, 4.69) is 0 Å². The first-order valence-electron chi connectivity index (χ1n) is 5.96. The van der Waals surface area contributed by atoms with Crippen molar-refractivity contribution in [2.24, 2.45) is 0 Å². The summed E-state index contributed by atoms with van der Waals surface area (Å²) >= 11 is 0. The number of non-ortho nitro benzene ring substituents is 1. The molecule has 0 unspecified atom stereocenters. The van der Waals surface area contributed by atoms with E-state index in [1.807, 2.05) is 0 Å². The van der Waals surface area contributed by atoms with E-state index >= 15 is 0 Å². The Bertz CT molecular complexity index is 609. The van der Waals surface area contributed by atoms with Gasteiger partial charge in [0, 0.05) is 36.9 Å². The third-order valence-corrected chi connectivity index (χ3v) is 3.02. The second kappa shape index (κ2) is 5.52. The van der Waals surface area contributed by atoms with E-state index in [-0.39, 0.29) is 24.6 Å². The number of carboxylic acids is 1. The molecule has 1 aromatic rings. The van der Waals surface area contributed by atoms with Crippen LogP contribution in [0.5, 0.6) is 0 Å². The quantitative estimate of drug-likeness (QED) is 0.510. The maximum absolute atomic E-state index is 11.9. The van der Waals surface area contributed by atoms with E-state index in [1.54, 1.807) is 0 Å². The zero-order chi connectivity index (χ0) is 14.7. The third-order valence-electron chi connectivity index (χ3n) is 3.02. The van der Waals surface area contributed by atoms with Crippen LogP contribution in [0, 0.1) is 10.1 Å². The van der Waals surface area contributed by atoms with Crippen LogP contribution in [0.4, 0.5) is 11.4 Å². The van der Waals surface area contributed by atoms with Crippen LogP contribution < -0.4 is 4.90 Å². The van der Waals surface area contributed by atoms with Gasteiger partial charge in [-0.15, -0.1) is 0 Å². The molecule has 1 N–H and O–H groups in total. The second-order valence-corrected chi connectivity index (χ2v) is 4.32. The molecule has 0 saturated heterocycles. The average Bonchev–Trinajstić information content (AvgIpc) is 2.40. The van der Waals surface area contributed by atoms with Gasteiger partial charge in [0.25, 0.3) is 5.69 Å². The Morgan fingerprint density at radius 2 is 2.20 bits per heavy atom. The number of amides is 1. The SMILES string of the molecule is O=C(O)C=CCN1C(=O)CCc2cc([N+](=O)[O-])ccc21. The van der Waals surface area contributed by atoms with Gasteiger partial charge in [0.1, 0.15) is 0 Å². The molecule has 0 aromatic heterocycles. The molecular weight excluding hydrogens is 264 g/mol. The first kappa shape index (κ1) is 13.7. The lowest BCUT2D eigenvalue weighted by atomic mass is 10.0.